The molecule has 158 valence electrons. The lowest BCUT2D eigenvalue weighted by atomic mass is 9.98. The molecular weight excluding hydrogens is 392 g/mol. The van der Waals surface area contributed by atoms with Crippen LogP contribution in [0.2, 0.25) is 0 Å². The fraction of sp³-hybridized carbons (Fsp3) is 0.450. The van der Waals surface area contributed by atoms with Gasteiger partial charge in [-0.2, -0.15) is 0 Å². The number of nitrogens with one attached hydrogen (secondary N) is 3. The van der Waals surface area contributed by atoms with E-state index >= 15 is 0 Å². The van der Waals surface area contributed by atoms with E-state index in [1.54, 1.807) is 18.2 Å². The third-order valence-electron chi connectivity index (χ3n) is 5.70. The lowest BCUT2D eigenvalue weighted by molar-refractivity contribution is -0.143. The van der Waals surface area contributed by atoms with Crippen molar-refractivity contribution < 1.29 is 28.7 Å². The van der Waals surface area contributed by atoms with Crippen LogP contribution in [0, 0.1) is 0 Å². The zero-order valence-electron chi connectivity index (χ0n) is 16.4. The van der Waals surface area contributed by atoms with E-state index in [4.69, 9.17) is 4.74 Å². The van der Waals surface area contributed by atoms with E-state index in [1.807, 2.05) is 0 Å². The Hall–Kier alpha value is -3.27. The van der Waals surface area contributed by atoms with Crippen LogP contribution >= 0.6 is 0 Å². The summed E-state index contributed by atoms with van der Waals surface area (Å²) in [5.41, 5.74) is 1.09. The highest BCUT2D eigenvalue weighted by atomic mass is 16.5. The lowest BCUT2D eigenvalue weighted by Gasteiger charge is -2.30. The van der Waals surface area contributed by atoms with Crippen LogP contribution in [0.3, 0.4) is 0 Å². The van der Waals surface area contributed by atoms with Gasteiger partial charge in [0.2, 0.25) is 11.8 Å². The predicted molar refractivity (Wildman–Crippen MR) is 104 cm³/mol. The number of esters is 1. The summed E-state index contributed by atoms with van der Waals surface area (Å²) < 4.78 is 4.79. The summed E-state index contributed by atoms with van der Waals surface area (Å²) in [6.45, 7) is 0.642. The van der Waals surface area contributed by atoms with E-state index in [0.29, 0.717) is 18.7 Å². The molecule has 0 bridgehead atoms. The first-order valence-electron chi connectivity index (χ1n) is 9.82. The smallest absolute Gasteiger partial charge is 0.322 e. The zero-order chi connectivity index (χ0) is 21.4. The van der Waals surface area contributed by atoms with Crippen molar-refractivity contribution in [1.29, 1.82) is 0 Å². The molecule has 3 heterocycles. The lowest BCUT2D eigenvalue weighted by Crippen LogP contribution is -2.54. The summed E-state index contributed by atoms with van der Waals surface area (Å²) in [5, 5.41) is 8.60. The van der Waals surface area contributed by atoms with Crippen molar-refractivity contribution in [3.8, 4) is 0 Å². The van der Waals surface area contributed by atoms with E-state index in [1.165, 1.54) is 7.11 Å². The number of anilines is 1. The number of methoxy groups -OCH3 is 1. The Morgan fingerprint density at radius 1 is 1.13 bits per heavy atom. The van der Waals surface area contributed by atoms with Crippen LogP contribution in [0.5, 0.6) is 0 Å². The second kappa shape index (κ2) is 7.86. The molecular formula is C20H22N4O6. The van der Waals surface area contributed by atoms with Crippen molar-refractivity contribution in [2.75, 3.05) is 19.0 Å². The van der Waals surface area contributed by atoms with Crippen molar-refractivity contribution in [2.45, 2.75) is 43.8 Å². The van der Waals surface area contributed by atoms with E-state index in [-0.39, 0.29) is 36.0 Å². The largest absolute Gasteiger partial charge is 0.468 e. The number of hydrogen-bond donors (Lipinski definition) is 3. The van der Waals surface area contributed by atoms with Gasteiger partial charge in [-0.25, -0.2) is 0 Å². The van der Waals surface area contributed by atoms with Crippen LogP contribution in [-0.4, -0.2) is 66.3 Å². The number of hydrogen-bond acceptors (Lipinski definition) is 8. The van der Waals surface area contributed by atoms with E-state index in [0.717, 1.165) is 11.3 Å². The molecule has 3 N–H and O–H groups in total. The quantitative estimate of drug-likeness (QED) is 0.455. The average Bonchev–Trinajstić information content (AvgIpc) is 2.98. The minimum atomic E-state index is -0.989. The predicted octanol–water partition coefficient (Wildman–Crippen LogP) is -0.207. The topological polar surface area (TPSA) is 134 Å². The number of carbonyl (C=O) groups excluding carboxylic acids is 5. The Morgan fingerprint density at radius 2 is 1.90 bits per heavy atom. The third kappa shape index (κ3) is 3.54. The van der Waals surface area contributed by atoms with Gasteiger partial charge in [0.25, 0.3) is 11.8 Å². The number of nitrogens with zero attached hydrogens (tertiary/aromatic N) is 1. The summed E-state index contributed by atoms with van der Waals surface area (Å²) in [7, 11) is 1.35. The number of amides is 4. The van der Waals surface area contributed by atoms with E-state index in [2.05, 4.69) is 16.0 Å². The van der Waals surface area contributed by atoms with Gasteiger partial charge in [0.05, 0.1) is 18.2 Å². The highest BCUT2D eigenvalue weighted by Crippen LogP contribution is 2.30. The van der Waals surface area contributed by atoms with Crippen molar-refractivity contribution >= 4 is 35.3 Å². The van der Waals surface area contributed by atoms with Crippen molar-refractivity contribution in [3.05, 3.63) is 29.3 Å². The van der Waals surface area contributed by atoms with Gasteiger partial charge in [-0.05, 0) is 44.0 Å². The van der Waals surface area contributed by atoms with Gasteiger partial charge in [0, 0.05) is 18.2 Å². The SMILES string of the molecule is COC(=O)[C@@H]1C[C@@H](Nc2ccc3c(c2)C(=O)N(C2CCC(=O)NC2=O)C3=O)CCN1. The van der Waals surface area contributed by atoms with Crippen molar-refractivity contribution in [2.24, 2.45) is 0 Å². The molecule has 2 saturated heterocycles. The van der Waals surface area contributed by atoms with Crippen LogP contribution in [0.1, 0.15) is 46.4 Å². The molecule has 0 spiro atoms. The van der Waals surface area contributed by atoms with Gasteiger partial charge >= 0.3 is 5.97 Å². The molecule has 2 fully saturated rings. The molecule has 10 heteroatoms. The maximum absolute atomic E-state index is 12.9. The molecule has 3 atom stereocenters. The summed E-state index contributed by atoms with van der Waals surface area (Å²) in [4.78, 5) is 61.9. The van der Waals surface area contributed by atoms with Crippen LogP contribution in [0.25, 0.3) is 0 Å². The van der Waals surface area contributed by atoms with Gasteiger partial charge in [0.15, 0.2) is 0 Å². The summed E-state index contributed by atoms with van der Waals surface area (Å²) in [6, 6.07) is 3.46. The Kier molecular flexibility index (Phi) is 5.25. The number of ether oxygens (including phenoxy) is 1. The molecule has 30 heavy (non-hydrogen) atoms. The van der Waals surface area contributed by atoms with Gasteiger partial charge in [-0.1, -0.05) is 0 Å². The van der Waals surface area contributed by atoms with Gasteiger partial charge in [-0.15, -0.1) is 0 Å². The normalized spacial score (nSPS) is 26.3. The number of carbonyl (C=O) groups is 5. The molecule has 10 nitrogen and oxygen atoms in total. The van der Waals surface area contributed by atoms with Gasteiger partial charge in [0.1, 0.15) is 12.1 Å². The Morgan fingerprint density at radius 3 is 2.63 bits per heavy atom. The highest BCUT2D eigenvalue weighted by molar-refractivity contribution is 6.23. The molecule has 0 aliphatic carbocycles. The maximum atomic E-state index is 12.9. The Labute approximate surface area is 172 Å². The standard InChI is InChI=1S/C20H22N4O6/c1-30-20(29)14-9-11(6-7-21-14)22-10-2-3-12-13(8-10)19(28)24(18(12)27)15-4-5-16(25)23-17(15)26/h2-3,8,11,14-15,21-22H,4-7,9H2,1H3,(H,23,25,26)/t11-,14-,15?/m0/s1. The highest BCUT2D eigenvalue weighted by Gasteiger charge is 2.44. The number of rotatable bonds is 4. The molecule has 1 aromatic rings. The molecule has 4 rings (SSSR count). The molecule has 0 saturated carbocycles. The van der Waals surface area contributed by atoms with Crippen LogP contribution in [-0.2, 0) is 19.1 Å². The molecule has 3 aliphatic heterocycles. The van der Waals surface area contributed by atoms with Crippen LogP contribution < -0.4 is 16.0 Å². The first-order valence-corrected chi connectivity index (χ1v) is 9.82. The fourth-order valence-corrected chi connectivity index (χ4v) is 4.17. The molecule has 0 radical (unpaired) electrons. The number of benzene rings is 1. The van der Waals surface area contributed by atoms with E-state index in [9.17, 15) is 24.0 Å². The zero-order valence-corrected chi connectivity index (χ0v) is 16.4. The number of fused-ring (bicyclic) bond motifs is 1. The van der Waals surface area contributed by atoms with Crippen molar-refractivity contribution in [3.63, 3.8) is 0 Å². The second-order valence-corrected chi connectivity index (χ2v) is 7.60. The molecule has 0 aromatic heterocycles. The average molecular weight is 414 g/mol. The molecule has 3 aliphatic rings. The first kappa shape index (κ1) is 20.0. The Bertz CT molecular complexity index is 945. The summed E-state index contributed by atoms with van der Waals surface area (Å²) in [6.07, 6.45) is 1.50. The maximum Gasteiger partial charge on any atom is 0.322 e. The first-order chi connectivity index (χ1) is 14.4. The Balaban J connectivity index is 1.50. The summed E-state index contributed by atoms with van der Waals surface area (Å²) in [5.74, 6) is -2.46. The van der Waals surface area contributed by atoms with Crippen LogP contribution in [0.15, 0.2) is 18.2 Å². The molecule has 1 unspecified atom stereocenters. The minimum Gasteiger partial charge on any atom is -0.468 e. The van der Waals surface area contributed by atoms with Gasteiger partial charge in [-0.3, -0.25) is 34.2 Å². The minimum absolute atomic E-state index is 0.00755. The van der Waals surface area contributed by atoms with Gasteiger partial charge < -0.3 is 15.4 Å². The van der Waals surface area contributed by atoms with E-state index < -0.39 is 35.7 Å². The monoisotopic (exact) mass is 414 g/mol. The molecule has 4 amide bonds. The number of imide groups is 2. The number of piperidine rings is 2. The second-order valence-electron chi connectivity index (χ2n) is 7.60. The van der Waals surface area contributed by atoms with Crippen molar-refractivity contribution in [1.82, 2.24) is 15.5 Å². The summed E-state index contributed by atoms with van der Waals surface area (Å²) >= 11 is 0. The fourth-order valence-electron chi connectivity index (χ4n) is 4.17. The third-order valence-corrected chi connectivity index (χ3v) is 5.70. The van der Waals surface area contributed by atoms with Crippen LogP contribution in [0.4, 0.5) is 5.69 Å². The molecule has 1 aromatic carbocycles.